The highest BCUT2D eigenvalue weighted by Crippen LogP contribution is 2.25. The van der Waals surface area contributed by atoms with Gasteiger partial charge < -0.3 is 5.11 Å². The predicted molar refractivity (Wildman–Crippen MR) is 86.3 cm³/mol. The zero-order valence-corrected chi connectivity index (χ0v) is 13.3. The smallest absolute Gasteiger partial charge is 0.317 e. The molecule has 1 fully saturated rings. The second-order valence-corrected chi connectivity index (χ2v) is 6.16. The van der Waals surface area contributed by atoms with E-state index >= 15 is 0 Å². The van der Waals surface area contributed by atoms with E-state index in [4.69, 9.17) is 5.11 Å². The number of likely N-dealkylation sites (tertiary alicyclic amines) is 1. The van der Waals surface area contributed by atoms with E-state index in [1.165, 1.54) is 5.56 Å². The molecule has 3 rings (SSSR count). The van der Waals surface area contributed by atoms with Crippen LogP contribution in [0.1, 0.15) is 43.0 Å². The van der Waals surface area contributed by atoms with Crippen molar-refractivity contribution in [2.45, 2.75) is 31.7 Å². The highest BCUT2D eigenvalue weighted by Gasteiger charge is 2.23. The van der Waals surface area contributed by atoms with Gasteiger partial charge in [0.2, 0.25) is 0 Å². The molecule has 2 aromatic rings. The summed E-state index contributed by atoms with van der Waals surface area (Å²) in [5.74, 6) is -0.541. The van der Waals surface area contributed by atoms with E-state index < -0.39 is 5.97 Å². The van der Waals surface area contributed by atoms with Gasteiger partial charge in [0.1, 0.15) is 0 Å². The van der Waals surface area contributed by atoms with Gasteiger partial charge in [-0.05, 0) is 18.4 Å². The van der Waals surface area contributed by atoms with Crippen LogP contribution >= 0.6 is 0 Å². The maximum absolute atomic E-state index is 10.8. The molecule has 1 saturated heterocycles. The number of carboxylic acid groups (broad SMARTS) is 1. The highest BCUT2D eigenvalue weighted by atomic mass is 16.4. The Morgan fingerprint density at radius 2 is 2.00 bits per heavy atom. The average molecular weight is 314 g/mol. The van der Waals surface area contributed by atoms with E-state index in [9.17, 15) is 4.79 Å². The SMILES string of the molecule is C[C@@H](c1ccccc1)c1cn(C2CCN(CC(=O)O)CC2)nn1. The van der Waals surface area contributed by atoms with Gasteiger partial charge in [-0.3, -0.25) is 9.69 Å². The van der Waals surface area contributed by atoms with E-state index in [1.807, 2.05) is 34.0 Å². The second kappa shape index (κ2) is 6.91. The Morgan fingerprint density at radius 1 is 1.30 bits per heavy atom. The van der Waals surface area contributed by atoms with Crippen molar-refractivity contribution < 1.29 is 9.90 Å². The van der Waals surface area contributed by atoms with Crippen LogP contribution < -0.4 is 0 Å². The lowest BCUT2D eigenvalue weighted by Crippen LogP contribution is -2.38. The topological polar surface area (TPSA) is 71.2 Å². The first kappa shape index (κ1) is 15.7. The molecule has 1 atom stereocenters. The van der Waals surface area contributed by atoms with Gasteiger partial charge in [-0.25, -0.2) is 4.68 Å². The summed E-state index contributed by atoms with van der Waals surface area (Å²) in [7, 11) is 0. The largest absolute Gasteiger partial charge is 0.480 e. The molecule has 0 bridgehead atoms. The number of nitrogens with zero attached hydrogens (tertiary/aromatic N) is 4. The number of hydrogen-bond acceptors (Lipinski definition) is 4. The maximum atomic E-state index is 10.8. The molecule has 0 unspecified atom stereocenters. The molecule has 0 amide bonds. The Labute approximate surface area is 135 Å². The summed E-state index contributed by atoms with van der Waals surface area (Å²) in [6.45, 7) is 3.85. The van der Waals surface area contributed by atoms with E-state index in [-0.39, 0.29) is 12.5 Å². The van der Waals surface area contributed by atoms with Gasteiger partial charge in [0.25, 0.3) is 0 Å². The molecule has 1 N–H and O–H groups in total. The van der Waals surface area contributed by atoms with Crippen molar-refractivity contribution in [3.8, 4) is 0 Å². The van der Waals surface area contributed by atoms with Crippen molar-refractivity contribution in [2.24, 2.45) is 0 Å². The number of carbonyl (C=O) groups is 1. The summed E-state index contributed by atoms with van der Waals surface area (Å²) < 4.78 is 1.95. The first-order valence-corrected chi connectivity index (χ1v) is 8.04. The number of aromatic nitrogens is 3. The molecule has 122 valence electrons. The Bertz CT molecular complexity index is 648. The zero-order chi connectivity index (χ0) is 16.2. The van der Waals surface area contributed by atoms with Crippen LogP contribution in [0.5, 0.6) is 0 Å². The van der Waals surface area contributed by atoms with Gasteiger partial charge in [-0.2, -0.15) is 0 Å². The minimum atomic E-state index is -0.761. The van der Waals surface area contributed by atoms with Crippen molar-refractivity contribution >= 4 is 5.97 Å². The number of rotatable bonds is 5. The summed E-state index contributed by atoms with van der Waals surface area (Å²) in [5.41, 5.74) is 2.21. The van der Waals surface area contributed by atoms with Crippen LogP contribution in [-0.2, 0) is 4.79 Å². The zero-order valence-electron chi connectivity index (χ0n) is 13.3. The summed E-state index contributed by atoms with van der Waals surface area (Å²) in [6, 6.07) is 10.6. The number of piperidine rings is 1. The quantitative estimate of drug-likeness (QED) is 0.915. The van der Waals surface area contributed by atoms with Crippen molar-refractivity contribution in [3.63, 3.8) is 0 Å². The van der Waals surface area contributed by atoms with Crippen LogP contribution in [0.15, 0.2) is 36.5 Å². The molecular weight excluding hydrogens is 292 g/mol. The fourth-order valence-corrected chi connectivity index (χ4v) is 3.11. The summed E-state index contributed by atoms with van der Waals surface area (Å²) in [4.78, 5) is 12.7. The lowest BCUT2D eigenvalue weighted by molar-refractivity contribution is -0.138. The van der Waals surface area contributed by atoms with Crippen molar-refractivity contribution in [1.29, 1.82) is 0 Å². The van der Waals surface area contributed by atoms with Crippen molar-refractivity contribution in [2.75, 3.05) is 19.6 Å². The molecule has 0 spiro atoms. The normalized spacial score (nSPS) is 18.0. The predicted octanol–water partition coefficient (Wildman–Crippen LogP) is 2.15. The van der Waals surface area contributed by atoms with Gasteiger partial charge in [-0.15, -0.1) is 5.10 Å². The lowest BCUT2D eigenvalue weighted by Gasteiger charge is -2.30. The van der Waals surface area contributed by atoms with E-state index in [0.29, 0.717) is 6.04 Å². The first-order chi connectivity index (χ1) is 11.1. The van der Waals surface area contributed by atoms with Gasteiger partial charge in [0.05, 0.1) is 18.3 Å². The lowest BCUT2D eigenvalue weighted by atomic mass is 9.98. The molecule has 1 aromatic carbocycles. The molecule has 1 aliphatic rings. The number of carboxylic acids is 1. The Hall–Kier alpha value is -2.21. The van der Waals surface area contributed by atoms with Gasteiger partial charge >= 0.3 is 5.97 Å². The molecular formula is C17H22N4O2. The molecule has 6 nitrogen and oxygen atoms in total. The fourth-order valence-electron chi connectivity index (χ4n) is 3.11. The average Bonchev–Trinajstić information content (AvgIpc) is 3.05. The van der Waals surface area contributed by atoms with Crippen LogP contribution in [0.25, 0.3) is 0 Å². The van der Waals surface area contributed by atoms with Crippen LogP contribution in [-0.4, -0.2) is 50.6 Å². The molecule has 0 radical (unpaired) electrons. The molecule has 1 aromatic heterocycles. The van der Waals surface area contributed by atoms with Gasteiger partial charge in [0, 0.05) is 25.2 Å². The first-order valence-electron chi connectivity index (χ1n) is 8.04. The van der Waals surface area contributed by atoms with E-state index in [2.05, 4.69) is 29.4 Å². The number of hydrogen-bond donors (Lipinski definition) is 1. The standard InChI is InChI=1S/C17H22N4O2/c1-13(14-5-3-2-4-6-14)16-11-21(19-18-16)15-7-9-20(10-8-15)12-17(22)23/h2-6,11,13,15H,7-10,12H2,1H3,(H,22,23)/t13-/m0/s1. The van der Waals surface area contributed by atoms with E-state index in [0.717, 1.165) is 31.6 Å². The summed E-state index contributed by atoms with van der Waals surface area (Å²) >= 11 is 0. The van der Waals surface area contributed by atoms with Crippen molar-refractivity contribution in [3.05, 3.63) is 47.8 Å². The molecule has 0 saturated carbocycles. The third-order valence-electron chi connectivity index (χ3n) is 4.56. The second-order valence-electron chi connectivity index (χ2n) is 6.16. The summed E-state index contributed by atoms with van der Waals surface area (Å²) in [6.07, 6.45) is 3.86. The highest BCUT2D eigenvalue weighted by molar-refractivity contribution is 5.69. The molecule has 2 heterocycles. The van der Waals surface area contributed by atoms with Gasteiger partial charge in [-0.1, -0.05) is 42.5 Å². The molecule has 23 heavy (non-hydrogen) atoms. The number of aliphatic carboxylic acids is 1. The molecule has 6 heteroatoms. The Morgan fingerprint density at radius 3 is 2.65 bits per heavy atom. The van der Waals surface area contributed by atoms with Gasteiger partial charge in [0.15, 0.2) is 0 Å². The summed E-state index contributed by atoms with van der Waals surface area (Å²) in [5, 5.41) is 17.5. The van der Waals surface area contributed by atoms with Crippen LogP contribution in [0.2, 0.25) is 0 Å². The van der Waals surface area contributed by atoms with Crippen LogP contribution in [0, 0.1) is 0 Å². The Kier molecular flexibility index (Phi) is 4.71. The maximum Gasteiger partial charge on any atom is 0.317 e. The number of benzene rings is 1. The Balaban J connectivity index is 1.63. The van der Waals surface area contributed by atoms with Crippen LogP contribution in [0.3, 0.4) is 0 Å². The third-order valence-corrected chi connectivity index (χ3v) is 4.56. The fraction of sp³-hybridized carbons (Fsp3) is 0.471. The minimum Gasteiger partial charge on any atom is -0.480 e. The van der Waals surface area contributed by atoms with E-state index in [1.54, 1.807) is 0 Å². The molecule has 1 aliphatic heterocycles. The monoisotopic (exact) mass is 314 g/mol. The third kappa shape index (κ3) is 3.76. The minimum absolute atomic E-state index is 0.125. The van der Waals surface area contributed by atoms with Crippen molar-refractivity contribution in [1.82, 2.24) is 19.9 Å². The molecule has 0 aliphatic carbocycles. The van der Waals surface area contributed by atoms with Crippen LogP contribution in [0.4, 0.5) is 0 Å².